The lowest BCUT2D eigenvalue weighted by Crippen LogP contribution is -2.17. The summed E-state index contributed by atoms with van der Waals surface area (Å²) in [4.78, 5) is 0. The number of hydrogen-bond acceptors (Lipinski definition) is 4. The smallest absolute Gasteiger partial charge is 0.203 e. The van der Waals surface area contributed by atoms with Crippen LogP contribution in [-0.4, -0.2) is 28.4 Å². The minimum atomic E-state index is 0.165. The van der Waals surface area contributed by atoms with Crippen LogP contribution in [0.3, 0.4) is 0 Å². The van der Waals surface area contributed by atoms with E-state index in [4.69, 9.17) is 20.6 Å². The van der Waals surface area contributed by atoms with Crippen molar-refractivity contribution in [1.82, 2.24) is 5.32 Å². The Morgan fingerprint density at radius 1 is 1.15 bits per heavy atom. The number of unbranched alkanes of at least 4 members (excludes halogenated alkanes) is 1. The van der Waals surface area contributed by atoms with Crippen molar-refractivity contribution in [3.63, 3.8) is 0 Å². The van der Waals surface area contributed by atoms with Gasteiger partial charge >= 0.3 is 0 Å². The molecule has 20 heavy (non-hydrogen) atoms. The second-order valence-corrected chi connectivity index (χ2v) is 4.36. The van der Waals surface area contributed by atoms with E-state index in [1.807, 2.05) is 19.2 Å². The Morgan fingerprint density at radius 2 is 1.85 bits per heavy atom. The van der Waals surface area contributed by atoms with E-state index in [0.717, 1.165) is 24.8 Å². The third-order valence-electron chi connectivity index (χ3n) is 3.27. The summed E-state index contributed by atoms with van der Waals surface area (Å²) in [6, 6.07) is 4.05. The number of ether oxygens (including phenoxy) is 3. The van der Waals surface area contributed by atoms with Crippen LogP contribution in [0.25, 0.3) is 0 Å². The molecule has 0 heterocycles. The minimum absolute atomic E-state index is 0.165. The molecule has 0 bridgehead atoms. The molecule has 0 fully saturated rings. The minimum Gasteiger partial charge on any atom is -0.493 e. The van der Waals surface area contributed by atoms with Gasteiger partial charge in [0.05, 0.1) is 21.3 Å². The molecule has 1 atom stereocenters. The first-order valence-corrected chi connectivity index (χ1v) is 6.63. The lowest BCUT2D eigenvalue weighted by atomic mass is 9.99. The summed E-state index contributed by atoms with van der Waals surface area (Å²) in [5.74, 6) is 4.64. The van der Waals surface area contributed by atoms with Crippen molar-refractivity contribution in [1.29, 1.82) is 0 Å². The van der Waals surface area contributed by atoms with Gasteiger partial charge in [-0.25, -0.2) is 0 Å². The number of benzene rings is 1. The van der Waals surface area contributed by atoms with E-state index in [-0.39, 0.29) is 6.04 Å². The van der Waals surface area contributed by atoms with E-state index < -0.39 is 0 Å². The Balaban J connectivity index is 3.12. The molecule has 0 saturated heterocycles. The van der Waals surface area contributed by atoms with Crippen LogP contribution in [-0.2, 0) is 0 Å². The van der Waals surface area contributed by atoms with E-state index in [1.54, 1.807) is 21.3 Å². The van der Waals surface area contributed by atoms with Gasteiger partial charge in [0.1, 0.15) is 0 Å². The summed E-state index contributed by atoms with van der Waals surface area (Å²) in [6.07, 6.45) is 7.97. The van der Waals surface area contributed by atoms with Crippen molar-refractivity contribution in [2.75, 3.05) is 28.4 Å². The molecular weight excluding hydrogens is 254 g/mol. The second kappa shape index (κ2) is 8.34. The van der Waals surface area contributed by atoms with Gasteiger partial charge in [-0.1, -0.05) is 0 Å². The van der Waals surface area contributed by atoms with Gasteiger partial charge in [0.2, 0.25) is 5.75 Å². The third-order valence-corrected chi connectivity index (χ3v) is 3.27. The third kappa shape index (κ3) is 3.58. The molecule has 110 valence electrons. The van der Waals surface area contributed by atoms with Gasteiger partial charge < -0.3 is 19.5 Å². The van der Waals surface area contributed by atoms with E-state index in [2.05, 4.69) is 11.2 Å². The topological polar surface area (TPSA) is 39.7 Å². The number of methoxy groups -OCH3 is 3. The molecule has 1 rings (SSSR count). The SMILES string of the molecule is C#CCCCC(NC)c1ccc(OC)c(OC)c1OC. The molecule has 0 spiro atoms. The average Bonchev–Trinajstić information content (AvgIpc) is 2.50. The van der Waals surface area contributed by atoms with Crippen LogP contribution in [0.1, 0.15) is 30.9 Å². The molecule has 0 aliphatic heterocycles. The lowest BCUT2D eigenvalue weighted by molar-refractivity contribution is 0.319. The first kappa shape index (κ1) is 16.2. The second-order valence-electron chi connectivity index (χ2n) is 4.36. The van der Waals surface area contributed by atoms with Gasteiger partial charge in [0.25, 0.3) is 0 Å². The highest BCUT2D eigenvalue weighted by Gasteiger charge is 2.20. The van der Waals surface area contributed by atoms with Crippen LogP contribution >= 0.6 is 0 Å². The molecule has 4 heteroatoms. The predicted molar refractivity (Wildman–Crippen MR) is 80.6 cm³/mol. The van der Waals surface area contributed by atoms with Crippen LogP contribution in [0.4, 0.5) is 0 Å². The quantitative estimate of drug-likeness (QED) is 0.586. The monoisotopic (exact) mass is 277 g/mol. The first-order chi connectivity index (χ1) is 9.73. The Kier molecular flexibility index (Phi) is 6.75. The summed E-state index contributed by atoms with van der Waals surface area (Å²) < 4.78 is 16.2. The summed E-state index contributed by atoms with van der Waals surface area (Å²) in [7, 11) is 6.78. The number of hydrogen-bond donors (Lipinski definition) is 1. The summed E-state index contributed by atoms with van der Waals surface area (Å²) in [5.41, 5.74) is 1.05. The van der Waals surface area contributed by atoms with Crippen molar-refractivity contribution >= 4 is 0 Å². The fourth-order valence-electron chi connectivity index (χ4n) is 2.26. The first-order valence-electron chi connectivity index (χ1n) is 6.63. The molecule has 0 aliphatic carbocycles. The maximum Gasteiger partial charge on any atom is 0.203 e. The Hall–Kier alpha value is -1.86. The maximum atomic E-state index is 5.51. The Morgan fingerprint density at radius 3 is 2.35 bits per heavy atom. The van der Waals surface area contributed by atoms with E-state index >= 15 is 0 Å². The summed E-state index contributed by atoms with van der Waals surface area (Å²) >= 11 is 0. The Bertz CT molecular complexity index is 466. The molecule has 1 aromatic rings. The van der Waals surface area contributed by atoms with E-state index in [1.165, 1.54) is 0 Å². The van der Waals surface area contributed by atoms with Crippen molar-refractivity contribution in [3.8, 4) is 29.6 Å². The maximum absolute atomic E-state index is 5.51. The Labute approximate surface area is 121 Å². The zero-order chi connectivity index (χ0) is 15.0. The van der Waals surface area contributed by atoms with E-state index in [0.29, 0.717) is 17.2 Å². The van der Waals surface area contributed by atoms with Crippen molar-refractivity contribution < 1.29 is 14.2 Å². The highest BCUT2D eigenvalue weighted by molar-refractivity contribution is 5.56. The molecule has 0 radical (unpaired) electrons. The summed E-state index contributed by atoms with van der Waals surface area (Å²) in [6.45, 7) is 0. The molecule has 0 saturated carbocycles. The van der Waals surface area contributed by atoms with Gasteiger partial charge in [-0.05, 0) is 32.0 Å². The average molecular weight is 277 g/mol. The van der Waals surface area contributed by atoms with Crippen molar-refractivity contribution in [2.45, 2.75) is 25.3 Å². The predicted octanol–water partition coefficient (Wildman–Crippen LogP) is 2.78. The molecule has 1 unspecified atom stereocenters. The molecule has 0 aromatic heterocycles. The zero-order valence-corrected chi connectivity index (χ0v) is 12.7. The van der Waals surface area contributed by atoms with Crippen LogP contribution in [0, 0.1) is 12.3 Å². The van der Waals surface area contributed by atoms with Crippen molar-refractivity contribution in [3.05, 3.63) is 17.7 Å². The van der Waals surface area contributed by atoms with Gasteiger partial charge in [-0.15, -0.1) is 12.3 Å². The highest BCUT2D eigenvalue weighted by atomic mass is 16.5. The largest absolute Gasteiger partial charge is 0.493 e. The fraction of sp³-hybridized carbons (Fsp3) is 0.500. The van der Waals surface area contributed by atoms with Crippen LogP contribution in [0.15, 0.2) is 12.1 Å². The molecule has 0 aliphatic rings. The standard InChI is InChI=1S/C16H23NO3/c1-6-7-8-9-13(17-2)12-10-11-14(18-3)16(20-5)15(12)19-4/h1,10-11,13,17H,7-9H2,2-5H3. The van der Waals surface area contributed by atoms with Gasteiger partial charge in [0.15, 0.2) is 11.5 Å². The van der Waals surface area contributed by atoms with Crippen molar-refractivity contribution in [2.24, 2.45) is 0 Å². The van der Waals surface area contributed by atoms with Gasteiger partial charge in [0, 0.05) is 18.0 Å². The zero-order valence-electron chi connectivity index (χ0n) is 12.7. The number of terminal acetylenes is 1. The molecular formula is C16H23NO3. The van der Waals surface area contributed by atoms with Crippen LogP contribution < -0.4 is 19.5 Å². The normalized spacial score (nSPS) is 11.6. The van der Waals surface area contributed by atoms with Gasteiger partial charge in [-0.3, -0.25) is 0 Å². The molecule has 1 N–H and O–H groups in total. The molecule has 4 nitrogen and oxygen atoms in total. The fourth-order valence-corrected chi connectivity index (χ4v) is 2.26. The summed E-state index contributed by atoms with van der Waals surface area (Å²) in [5, 5.41) is 3.30. The van der Waals surface area contributed by atoms with Crippen LogP contribution in [0.5, 0.6) is 17.2 Å². The molecule has 0 amide bonds. The van der Waals surface area contributed by atoms with E-state index in [9.17, 15) is 0 Å². The van der Waals surface area contributed by atoms with Gasteiger partial charge in [-0.2, -0.15) is 0 Å². The highest BCUT2D eigenvalue weighted by Crippen LogP contribution is 2.42. The number of nitrogens with one attached hydrogen (secondary N) is 1. The van der Waals surface area contributed by atoms with Crippen LogP contribution in [0.2, 0.25) is 0 Å². The lowest BCUT2D eigenvalue weighted by Gasteiger charge is -2.22. The molecule has 1 aromatic carbocycles. The number of rotatable bonds is 8.